The fourth-order valence-corrected chi connectivity index (χ4v) is 5.18. The third kappa shape index (κ3) is 3.72. The molecule has 0 radical (unpaired) electrons. The van der Waals surface area contributed by atoms with Crippen LogP contribution >= 0.6 is 0 Å². The van der Waals surface area contributed by atoms with Crippen LogP contribution in [0.4, 0.5) is 5.82 Å². The Kier molecular flexibility index (Phi) is 5.44. The predicted octanol–water partition coefficient (Wildman–Crippen LogP) is 4.14. The number of amides is 1. The number of benzene rings is 2. The largest absolute Gasteiger partial charge is 0.376 e. The van der Waals surface area contributed by atoms with E-state index in [0.717, 1.165) is 33.3 Å². The highest BCUT2D eigenvalue weighted by Gasteiger charge is 2.29. The molecule has 2 aliphatic rings. The van der Waals surface area contributed by atoms with Gasteiger partial charge >= 0.3 is 0 Å². The van der Waals surface area contributed by atoms with Crippen molar-refractivity contribution in [2.75, 3.05) is 37.7 Å². The fraction of sp³-hybridized carbons (Fsp3) is 0.250. The van der Waals surface area contributed by atoms with Crippen molar-refractivity contribution < 1.29 is 9.53 Å². The van der Waals surface area contributed by atoms with Crippen LogP contribution in [-0.2, 0) is 17.8 Å². The monoisotopic (exact) mass is 463 g/mol. The third-order valence-corrected chi connectivity index (χ3v) is 6.99. The number of anilines is 1. The van der Waals surface area contributed by atoms with Gasteiger partial charge in [0.1, 0.15) is 11.9 Å². The van der Waals surface area contributed by atoms with Crippen molar-refractivity contribution in [3.8, 4) is 17.3 Å². The number of carbonyl (C=O) groups is 1. The van der Waals surface area contributed by atoms with Crippen molar-refractivity contribution in [2.24, 2.45) is 0 Å². The summed E-state index contributed by atoms with van der Waals surface area (Å²) >= 11 is 0. The summed E-state index contributed by atoms with van der Waals surface area (Å²) in [5.74, 6) is 0.753. The summed E-state index contributed by atoms with van der Waals surface area (Å²) < 4.78 is 5.74. The van der Waals surface area contributed by atoms with E-state index in [-0.39, 0.29) is 5.91 Å². The molecule has 4 aromatic rings. The number of hydrogen-bond donors (Lipinski definition) is 1. The molecule has 1 N–H and O–H groups in total. The summed E-state index contributed by atoms with van der Waals surface area (Å²) in [6.07, 6.45) is 2.56. The number of fused-ring (bicyclic) bond motifs is 2. The van der Waals surface area contributed by atoms with Crippen LogP contribution in [-0.4, -0.2) is 53.6 Å². The van der Waals surface area contributed by atoms with E-state index in [1.165, 1.54) is 0 Å². The van der Waals surface area contributed by atoms with Gasteiger partial charge in [-0.1, -0.05) is 36.4 Å². The number of rotatable bonds is 3. The smallest absolute Gasteiger partial charge is 0.254 e. The highest BCUT2D eigenvalue weighted by atomic mass is 16.5. The number of pyridine rings is 1. The molecule has 0 atom stereocenters. The molecular formula is C28H25N5O2. The van der Waals surface area contributed by atoms with Gasteiger partial charge in [-0.05, 0) is 30.2 Å². The first-order chi connectivity index (χ1) is 17.2. The number of nitrogens with one attached hydrogen (secondary N) is 1. The zero-order chi connectivity index (χ0) is 23.8. The Bertz CT molecular complexity index is 1450. The number of carbonyl (C=O) groups excluding carboxylic acids is 1. The first-order valence-electron chi connectivity index (χ1n) is 11.9. The molecule has 2 aliphatic heterocycles. The van der Waals surface area contributed by atoms with Gasteiger partial charge in [-0.15, -0.1) is 0 Å². The van der Waals surface area contributed by atoms with E-state index < -0.39 is 0 Å². The lowest BCUT2D eigenvalue weighted by Gasteiger charge is -2.37. The Morgan fingerprint density at radius 1 is 1.00 bits per heavy atom. The maximum absolute atomic E-state index is 13.3. The van der Waals surface area contributed by atoms with Crippen molar-refractivity contribution in [3.05, 3.63) is 83.0 Å². The van der Waals surface area contributed by atoms with E-state index >= 15 is 0 Å². The van der Waals surface area contributed by atoms with Crippen molar-refractivity contribution in [3.63, 3.8) is 0 Å². The van der Waals surface area contributed by atoms with E-state index in [1.54, 1.807) is 0 Å². The lowest BCUT2D eigenvalue weighted by molar-refractivity contribution is 0.0748. The van der Waals surface area contributed by atoms with Crippen molar-refractivity contribution in [1.82, 2.24) is 14.9 Å². The molecule has 0 saturated carbocycles. The number of aromatic amines is 1. The molecule has 2 aromatic carbocycles. The molecule has 0 spiro atoms. The molecule has 0 unspecified atom stereocenters. The first-order valence-corrected chi connectivity index (χ1v) is 11.9. The Hall–Kier alpha value is -4.15. The van der Waals surface area contributed by atoms with E-state index in [9.17, 15) is 10.1 Å². The molecule has 1 saturated heterocycles. The molecule has 4 heterocycles. The summed E-state index contributed by atoms with van der Waals surface area (Å²) in [6, 6.07) is 20.2. The molecule has 0 aliphatic carbocycles. The van der Waals surface area contributed by atoms with Gasteiger partial charge in [-0.3, -0.25) is 4.79 Å². The zero-order valence-electron chi connectivity index (χ0n) is 19.3. The second kappa shape index (κ2) is 8.90. The molecule has 1 fully saturated rings. The van der Waals surface area contributed by atoms with Gasteiger partial charge in [0, 0.05) is 60.0 Å². The number of H-pyrrole nitrogens is 1. The molecular weight excluding hydrogens is 438 g/mol. The topological polar surface area (TPSA) is 85.3 Å². The van der Waals surface area contributed by atoms with E-state index in [1.807, 2.05) is 65.7 Å². The van der Waals surface area contributed by atoms with Crippen LogP contribution in [0.25, 0.3) is 22.2 Å². The minimum absolute atomic E-state index is 0.0379. The van der Waals surface area contributed by atoms with Crippen LogP contribution in [0.5, 0.6) is 0 Å². The van der Waals surface area contributed by atoms with Gasteiger partial charge in [0.25, 0.3) is 5.91 Å². The Morgan fingerprint density at radius 2 is 1.83 bits per heavy atom. The van der Waals surface area contributed by atoms with E-state index in [0.29, 0.717) is 62.8 Å². The maximum Gasteiger partial charge on any atom is 0.254 e. The number of ether oxygens (including phenoxy) is 1. The SMILES string of the molecule is N#Cc1c(N2CCN(C(=O)c3cccc4[nH]ccc34)CC2)nc(-c2ccccc2)c2c1CCOC2. The highest BCUT2D eigenvalue weighted by Crippen LogP contribution is 2.35. The molecule has 7 heteroatoms. The van der Waals surface area contributed by atoms with Gasteiger partial charge < -0.3 is 19.5 Å². The van der Waals surface area contributed by atoms with Crippen molar-refractivity contribution in [2.45, 2.75) is 13.0 Å². The number of nitriles is 1. The Morgan fingerprint density at radius 3 is 2.63 bits per heavy atom. The zero-order valence-corrected chi connectivity index (χ0v) is 19.3. The first kappa shape index (κ1) is 21.4. The third-order valence-electron chi connectivity index (χ3n) is 6.99. The van der Waals surface area contributed by atoms with E-state index in [4.69, 9.17) is 9.72 Å². The minimum atomic E-state index is 0.0379. The molecule has 6 rings (SSSR count). The predicted molar refractivity (Wildman–Crippen MR) is 134 cm³/mol. The second-order valence-corrected chi connectivity index (χ2v) is 8.92. The van der Waals surface area contributed by atoms with E-state index in [2.05, 4.69) is 16.0 Å². The molecule has 174 valence electrons. The Balaban J connectivity index is 1.31. The van der Waals surface area contributed by atoms with Crippen LogP contribution in [0.15, 0.2) is 60.8 Å². The Labute approximate surface area is 203 Å². The van der Waals surface area contributed by atoms with Gasteiger partial charge in [-0.2, -0.15) is 5.26 Å². The minimum Gasteiger partial charge on any atom is -0.376 e. The lowest BCUT2D eigenvalue weighted by Crippen LogP contribution is -2.49. The summed E-state index contributed by atoms with van der Waals surface area (Å²) in [4.78, 5) is 25.6. The summed E-state index contributed by atoms with van der Waals surface area (Å²) in [5, 5.41) is 11.1. The van der Waals surface area contributed by atoms with Gasteiger partial charge in [0.05, 0.1) is 24.5 Å². The van der Waals surface area contributed by atoms with Crippen LogP contribution in [0.2, 0.25) is 0 Å². The van der Waals surface area contributed by atoms with Crippen LogP contribution in [0, 0.1) is 11.3 Å². The van der Waals surface area contributed by atoms with Gasteiger partial charge in [0.15, 0.2) is 0 Å². The van der Waals surface area contributed by atoms with Crippen LogP contribution < -0.4 is 4.90 Å². The quantitative estimate of drug-likeness (QED) is 0.494. The average molecular weight is 464 g/mol. The van der Waals surface area contributed by atoms with Crippen molar-refractivity contribution in [1.29, 1.82) is 5.26 Å². The van der Waals surface area contributed by atoms with Gasteiger partial charge in [-0.25, -0.2) is 4.98 Å². The maximum atomic E-state index is 13.3. The fourth-order valence-electron chi connectivity index (χ4n) is 5.18. The number of piperazine rings is 1. The van der Waals surface area contributed by atoms with Crippen LogP contribution in [0.3, 0.4) is 0 Å². The summed E-state index contributed by atoms with van der Waals surface area (Å²) in [6.45, 7) is 3.47. The molecule has 2 aromatic heterocycles. The van der Waals surface area contributed by atoms with Crippen molar-refractivity contribution >= 4 is 22.6 Å². The normalized spacial score (nSPS) is 15.6. The van der Waals surface area contributed by atoms with Crippen LogP contribution in [0.1, 0.15) is 27.0 Å². The number of aromatic nitrogens is 2. The highest BCUT2D eigenvalue weighted by molar-refractivity contribution is 6.06. The molecule has 1 amide bonds. The standard InChI is InChI=1S/C28H25N5O2/c29-17-23-20-10-16-35-18-24(20)26(19-5-2-1-3-6-19)31-27(23)32-12-14-33(15-13-32)28(34)22-7-4-8-25-21(22)9-11-30-25/h1-9,11,30H,10,12-16,18H2. The average Bonchev–Trinajstić information content (AvgIpc) is 3.41. The summed E-state index contributed by atoms with van der Waals surface area (Å²) in [7, 11) is 0. The number of nitrogens with zero attached hydrogens (tertiary/aromatic N) is 4. The summed E-state index contributed by atoms with van der Waals surface area (Å²) in [5.41, 5.74) is 6.27. The van der Waals surface area contributed by atoms with Gasteiger partial charge in [0.2, 0.25) is 0 Å². The molecule has 35 heavy (non-hydrogen) atoms. The molecule has 7 nitrogen and oxygen atoms in total. The number of hydrogen-bond acceptors (Lipinski definition) is 5. The second-order valence-electron chi connectivity index (χ2n) is 8.92. The molecule has 0 bridgehead atoms. The lowest BCUT2D eigenvalue weighted by atomic mass is 9.93.